The van der Waals surface area contributed by atoms with E-state index in [0.717, 1.165) is 25.6 Å². The third-order valence-electron chi connectivity index (χ3n) is 2.94. The second kappa shape index (κ2) is 6.38. The Morgan fingerprint density at radius 1 is 1.56 bits per heavy atom. The Kier molecular flexibility index (Phi) is 4.82. The predicted octanol–water partition coefficient (Wildman–Crippen LogP) is 3.04. The molecule has 1 unspecified atom stereocenters. The van der Waals surface area contributed by atoms with Gasteiger partial charge in [0.15, 0.2) is 0 Å². The minimum Gasteiger partial charge on any atom is -0.377 e. The van der Waals surface area contributed by atoms with Crippen molar-refractivity contribution in [1.82, 2.24) is 5.32 Å². The predicted molar refractivity (Wildman–Crippen MR) is 68.8 cm³/mol. The second-order valence-corrected chi connectivity index (χ2v) is 5.66. The van der Waals surface area contributed by atoms with Gasteiger partial charge in [0.2, 0.25) is 0 Å². The molecule has 90 valence electrons. The first-order valence-electron chi connectivity index (χ1n) is 6.19. The van der Waals surface area contributed by atoms with Crippen LogP contribution in [-0.4, -0.2) is 19.3 Å². The molecule has 1 N–H and O–H groups in total. The molecule has 0 aromatic carbocycles. The van der Waals surface area contributed by atoms with E-state index in [2.05, 4.69) is 29.8 Å². The van der Waals surface area contributed by atoms with Gasteiger partial charge in [-0.05, 0) is 30.7 Å². The maximum atomic E-state index is 5.75. The van der Waals surface area contributed by atoms with Gasteiger partial charge in [-0.3, -0.25) is 0 Å². The van der Waals surface area contributed by atoms with Crippen molar-refractivity contribution in [1.29, 1.82) is 0 Å². The lowest BCUT2D eigenvalue weighted by molar-refractivity contribution is 0.0616. The maximum absolute atomic E-state index is 5.75. The molecule has 1 saturated carbocycles. The van der Waals surface area contributed by atoms with Crippen LogP contribution in [0.25, 0.3) is 0 Å². The monoisotopic (exact) mass is 239 g/mol. The highest BCUT2D eigenvalue weighted by Crippen LogP contribution is 2.32. The van der Waals surface area contributed by atoms with Crippen LogP contribution in [0.5, 0.6) is 0 Å². The molecule has 1 fully saturated rings. The first-order chi connectivity index (χ1) is 7.84. The van der Waals surface area contributed by atoms with E-state index < -0.39 is 0 Å². The standard InChI is InChI=1S/C13H21NOS/c1-11(15-7-6-12-4-5-12)9-14-10-13-3-2-8-16-13/h2-3,8,11-12,14H,4-7,9-10H2,1H3. The summed E-state index contributed by atoms with van der Waals surface area (Å²) in [5.74, 6) is 0.978. The smallest absolute Gasteiger partial charge is 0.0671 e. The van der Waals surface area contributed by atoms with Crippen LogP contribution < -0.4 is 5.32 Å². The van der Waals surface area contributed by atoms with E-state index in [9.17, 15) is 0 Å². The Bertz CT molecular complexity index is 282. The molecule has 0 amide bonds. The Hall–Kier alpha value is -0.380. The molecule has 16 heavy (non-hydrogen) atoms. The van der Waals surface area contributed by atoms with E-state index in [-0.39, 0.29) is 0 Å². The molecule has 0 bridgehead atoms. The fourth-order valence-corrected chi connectivity index (χ4v) is 2.39. The number of thiophene rings is 1. The van der Waals surface area contributed by atoms with Gasteiger partial charge in [0.25, 0.3) is 0 Å². The average molecular weight is 239 g/mol. The van der Waals surface area contributed by atoms with Crippen LogP contribution in [0.15, 0.2) is 17.5 Å². The van der Waals surface area contributed by atoms with Crippen molar-refractivity contribution in [3.8, 4) is 0 Å². The third kappa shape index (κ3) is 4.64. The van der Waals surface area contributed by atoms with Crippen molar-refractivity contribution in [3.05, 3.63) is 22.4 Å². The molecular weight excluding hydrogens is 218 g/mol. The SMILES string of the molecule is CC(CNCc1cccs1)OCCC1CC1. The fourth-order valence-electron chi connectivity index (χ4n) is 1.71. The molecule has 0 saturated heterocycles. The molecule has 3 heteroatoms. The Labute approximate surface area is 102 Å². The number of ether oxygens (including phenoxy) is 1. The lowest BCUT2D eigenvalue weighted by Gasteiger charge is -2.13. The number of nitrogens with one attached hydrogen (secondary N) is 1. The summed E-state index contributed by atoms with van der Waals surface area (Å²) >= 11 is 1.80. The van der Waals surface area contributed by atoms with Crippen molar-refractivity contribution in [2.24, 2.45) is 5.92 Å². The number of rotatable bonds is 8. The zero-order valence-electron chi connectivity index (χ0n) is 9.95. The van der Waals surface area contributed by atoms with E-state index in [1.54, 1.807) is 11.3 Å². The summed E-state index contributed by atoms with van der Waals surface area (Å²) in [6.45, 7) is 5.00. The van der Waals surface area contributed by atoms with E-state index in [1.165, 1.54) is 24.1 Å². The zero-order chi connectivity index (χ0) is 11.2. The van der Waals surface area contributed by atoms with Crippen LogP contribution >= 0.6 is 11.3 Å². The molecule has 0 radical (unpaired) electrons. The van der Waals surface area contributed by atoms with Crippen LogP contribution in [0, 0.1) is 5.92 Å². The maximum Gasteiger partial charge on any atom is 0.0671 e. The Balaban J connectivity index is 1.48. The highest BCUT2D eigenvalue weighted by Gasteiger charge is 2.20. The van der Waals surface area contributed by atoms with Gasteiger partial charge >= 0.3 is 0 Å². The molecule has 1 atom stereocenters. The summed E-state index contributed by atoms with van der Waals surface area (Å²) in [6, 6.07) is 4.26. The van der Waals surface area contributed by atoms with Gasteiger partial charge in [-0.15, -0.1) is 11.3 Å². The first-order valence-corrected chi connectivity index (χ1v) is 7.07. The Morgan fingerprint density at radius 2 is 2.44 bits per heavy atom. The molecule has 0 aliphatic heterocycles. The van der Waals surface area contributed by atoms with Crippen LogP contribution in [0.3, 0.4) is 0 Å². The quantitative estimate of drug-likeness (QED) is 0.753. The largest absolute Gasteiger partial charge is 0.377 e. The van der Waals surface area contributed by atoms with Crippen molar-refractivity contribution in [2.45, 2.75) is 38.8 Å². The van der Waals surface area contributed by atoms with Gasteiger partial charge in [0.1, 0.15) is 0 Å². The summed E-state index contributed by atoms with van der Waals surface area (Å²) in [5.41, 5.74) is 0. The molecule has 1 aliphatic carbocycles. The van der Waals surface area contributed by atoms with Crippen LogP contribution in [-0.2, 0) is 11.3 Å². The molecule has 1 aromatic heterocycles. The lowest BCUT2D eigenvalue weighted by atomic mass is 10.3. The topological polar surface area (TPSA) is 21.3 Å². The summed E-state index contributed by atoms with van der Waals surface area (Å²) in [4.78, 5) is 1.39. The summed E-state index contributed by atoms with van der Waals surface area (Å²) < 4.78 is 5.75. The van der Waals surface area contributed by atoms with E-state index in [1.807, 2.05) is 0 Å². The van der Waals surface area contributed by atoms with Gasteiger partial charge in [-0.2, -0.15) is 0 Å². The van der Waals surface area contributed by atoms with Crippen LogP contribution in [0.1, 0.15) is 31.1 Å². The number of hydrogen-bond acceptors (Lipinski definition) is 3. The van der Waals surface area contributed by atoms with Gasteiger partial charge in [-0.1, -0.05) is 18.9 Å². The highest BCUT2D eigenvalue weighted by atomic mass is 32.1. The molecular formula is C13H21NOS. The third-order valence-corrected chi connectivity index (χ3v) is 3.81. The van der Waals surface area contributed by atoms with Crippen molar-refractivity contribution < 1.29 is 4.74 Å². The molecule has 1 aromatic rings. The van der Waals surface area contributed by atoms with Crippen molar-refractivity contribution in [2.75, 3.05) is 13.2 Å². The molecule has 0 spiro atoms. The minimum absolute atomic E-state index is 0.332. The lowest BCUT2D eigenvalue weighted by Crippen LogP contribution is -2.26. The number of hydrogen-bond donors (Lipinski definition) is 1. The van der Waals surface area contributed by atoms with Gasteiger partial charge in [-0.25, -0.2) is 0 Å². The summed E-state index contributed by atoms with van der Waals surface area (Å²) in [7, 11) is 0. The van der Waals surface area contributed by atoms with Crippen molar-refractivity contribution >= 4 is 11.3 Å². The average Bonchev–Trinajstić information content (AvgIpc) is 2.94. The Morgan fingerprint density at radius 3 is 3.12 bits per heavy atom. The minimum atomic E-state index is 0.332. The molecule has 1 heterocycles. The van der Waals surface area contributed by atoms with E-state index in [4.69, 9.17) is 4.74 Å². The van der Waals surface area contributed by atoms with Gasteiger partial charge in [0.05, 0.1) is 6.10 Å². The normalized spacial score (nSPS) is 17.6. The highest BCUT2D eigenvalue weighted by molar-refractivity contribution is 7.09. The van der Waals surface area contributed by atoms with Crippen LogP contribution in [0.2, 0.25) is 0 Å². The first kappa shape index (κ1) is 12.1. The van der Waals surface area contributed by atoms with Crippen LogP contribution in [0.4, 0.5) is 0 Å². The van der Waals surface area contributed by atoms with Crippen molar-refractivity contribution in [3.63, 3.8) is 0 Å². The van der Waals surface area contributed by atoms with E-state index in [0.29, 0.717) is 6.10 Å². The van der Waals surface area contributed by atoms with E-state index >= 15 is 0 Å². The van der Waals surface area contributed by atoms with Gasteiger partial charge < -0.3 is 10.1 Å². The summed E-state index contributed by atoms with van der Waals surface area (Å²) in [6.07, 6.45) is 4.44. The second-order valence-electron chi connectivity index (χ2n) is 4.62. The zero-order valence-corrected chi connectivity index (χ0v) is 10.8. The van der Waals surface area contributed by atoms with Gasteiger partial charge in [0, 0.05) is 24.6 Å². The fraction of sp³-hybridized carbons (Fsp3) is 0.692. The molecule has 2 nitrogen and oxygen atoms in total. The molecule has 2 rings (SSSR count). The summed E-state index contributed by atoms with van der Waals surface area (Å²) in [5, 5.41) is 5.54. The molecule has 1 aliphatic rings.